The first-order chi connectivity index (χ1) is 7.74. The van der Waals surface area contributed by atoms with Crippen LogP contribution in [0.15, 0.2) is 18.2 Å². The number of nitrogens with two attached hydrogens (primary N) is 1. The number of nitrogens with one attached hydrogen (secondary N) is 1. The van der Waals surface area contributed by atoms with Crippen LogP contribution in [0.25, 0.3) is 0 Å². The van der Waals surface area contributed by atoms with Crippen LogP contribution in [0.1, 0.15) is 24.8 Å². The van der Waals surface area contributed by atoms with Gasteiger partial charge in [-0.15, -0.1) is 0 Å². The Morgan fingerprint density at radius 1 is 1.25 bits per heavy atom. The van der Waals surface area contributed by atoms with Crippen molar-refractivity contribution in [2.75, 3.05) is 31.3 Å². The number of aryl methyl sites for hydroxylation is 1. The van der Waals surface area contributed by atoms with Gasteiger partial charge in [-0.1, -0.05) is 6.07 Å². The zero-order chi connectivity index (χ0) is 11.8. The molecule has 3 heteroatoms. The predicted octanol–water partition coefficient (Wildman–Crippen LogP) is 2.81. The van der Waals surface area contributed by atoms with Gasteiger partial charge in [0.25, 0.3) is 0 Å². The predicted molar refractivity (Wildman–Crippen MR) is 69.8 cm³/mol. The Bertz CT molecular complexity index is 313. The van der Waals surface area contributed by atoms with Gasteiger partial charge in [-0.25, -0.2) is 0 Å². The molecule has 0 unspecified atom stereocenters. The second-order valence-electron chi connectivity index (χ2n) is 4.05. The molecular weight excluding hydrogens is 200 g/mol. The van der Waals surface area contributed by atoms with E-state index in [0.717, 1.165) is 37.4 Å². The third-order valence-corrected chi connectivity index (χ3v) is 2.60. The van der Waals surface area contributed by atoms with Gasteiger partial charge < -0.3 is 15.8 Å². The van der Waals surface area contributed by atoms with Crippen molar-refractivity contribution in [3.8, 4) is 0 Å². The average molecular weight is 222 g/mol. The number of benzene rings is 1. The van der Waals surface area contributed by atoms with Crippen LogP contribution < -0.4 is 11.1 Å². The topological polar surface area (TPSA) is 47.3 Å². The molecule has 0 aliphatic rings. The molecule has 1 aromatic carbocycles. The highest BCUT2D eigenvalue weighted by molar-refractivity contribution is 5.59. The van der Waals surface area contributed by atoms with Gasteiger partial charge in [0, 0.05) is 31.6 Å². The van der Waals surface area contributed by atoms with Crippen molar-refractivity contribution in [2.45, 2.75) is 26.2 Å². The summed E-state index contributed by atoms with van der Waals surface area (Å²) in [5, 5.41) is 3.41. The standard InChI is InChI=1S/C13H22N2O/c1-11-6-7-12(14)10-13(11)15-8-4-3-5-9-16-2/h6-7,10,15H,3-5,8-9,14H2,1-2H3. The van der Waals surface area contributed by atoms with Gasteiger partial charge in [-0.3, -0.25) is 0 Å². The maximum atomic E-state index is 5.74. The Morgan fingerprint density at radius 2 is 2.06 bits per heavy atom. The third kappa shape index (κ3) is 4.53. The van der Waals surface area contributed by atoms with E-state index < -0.39 is 0 Å². The molecule has 0 atom stereocenters. The average Bonchev–Trinajstić information content (AvgIpc) is 2.28. The van der Waals surface area contributed by atoms with Crippen molar-refractivity contribution in [1.29, 1.82) is 0 Å². The van der Waals surface area contributed by atoms with Gasteiger partial charge in [0.2, 0.25) is 0 Å². The lowest BCUT2D eigenvalue weighted by molar-refractivity contribution is 0.192. The smallest absolute Gasteiger partial charge is 0.0462 e. The monoisotopic (exact) mass is 222 g/mol. The lowest BCUT2D eigenvalue weighted by Gasteiger charge is -2.10. The molecule has 1 aromatic rings. The molecule has 0 radical (unpaired) electrons. The maximum Gasteiger partial charge on any atom is 0.0462 e. The first-order valence-electron chi connectivity index (χ1n) is 5.83. The highest BCUT2D eigenvalue weighted by atomic mass is 16.5. The zero-order valence-electron chi connectivity index (χ0n) is 10.3. The fraction of sp³-hybridized carbons (Fsp3) is 0.538. The molecule has 0 spiro atoms. The van der Waals surface area contributed by atoms with Gasteiger partial charge in [-0.2, -0.15) is 0 Å². The SMILES string of the molecule is COCCCCCNc1cc(N)ccc1C. The summed E-state index contributed by atoms with van der Waals surface area (Å²) < 4.78 is 5.00. The summed E-state index contributed by atoms with van der Waals surface area (Å²) in [5.74, 6) is 0. The maximum absolute atomic E-state index is 5.74. The van der Waals surface area contributed by atoms with E-state index in [1.807, 2.05) is 18.2 Å². The van der Waals surface area contributed by atoms with Crippen molar-refractivity contribution in [3.05, 3.63) is 23.8 Å². The molecule has 0 aromatic heterocycles. The summed E-state index contributed by atoms with van der Waals surface area (Å²) in [6.07, 6.45) is 3.49. The molecule has 0 fully saturated rings. The van der Waals surface area contributed by atoms with E-state index in [1.165, 1.54) is 12.0 Å². The minimum atomic E-state index is 0.812. The normalized spacial score (nSPS) is 10.4. The molecule has 1 rings (SSSR count). The number of hydrogen-bond donors (Lipinski definition) is 2. The summed E-state index contributed by atoms with van der Waals surface area (Å²) in [5.41, 5.74) is 8.94. The lowest BCUT2D eigenvalue weighted by Crippen LogP contribution is -2.04. The Balaban J connectivity index is 2.23. The van der Waals surface area contributed by atoms with Crippen LogP contribution in [0.2, 0.25) is 0 Å². The van der Waals surface area contributed by atoms with E-state index >= 15 is 0 Å². The van der Waals surface area contributed by atoms with Crippen LogP contribution in [-0.2, 0) is 4.74 Å². The van der Waals surface area contributed by atoms with E-state index in [4.69, 9.17) is 10.5 Å². The molecule has 3 N–H and O–H groups in total. The van der Waals surface area contributed by atoms with Crippen molar-refractivity contribution >= 4 is 11.4 Å². The van der Waals surface area contributed by atoms with Gasteiger partial charge in [-0.05, 0) is 43.9 Å². The number of unbranched alkanes of at least 4 members (excludes halogenated alkanes) is 2. The largest absolute Gasteiger partial charge is 0.399 e. The Hall–Kier alpha value is -1.22. The fourth-order valence-electron chi connectivity index (χ4n) is 1.60. The van der Waals surface area contributed by atoms with E-state index in [-0.39, 0.29) is 0 Å². The van der Waals surface area contributed by atoms with Gasteiger partial charge in [0.1, 0.15) is 0 Å². The summed E-state index contributed by atoms with van der Waals surface area (Å²) in [6, 6.07) is 5.96. The lowest BCUT2D eigenvalue weighted by atomic mass is 10.1. The summed E-state index contributed by atoms with van der Waals surface area (Å²) in [7, 11) is 1.74. The number of hydrogen-bond acceptors (Lipinski definition) is 3. The summed E-state index contributed by atoms with van der Waals surface area (Å²) >= 11 is 0. The van der Waals surface area contributed by atoms with Crippen LogP contribution in [0.3, 0.4) is 0 Å². The fourth-order valence-corrected chi connectivity index (χ4v) is 1.60. The van der Waals surface area contributed by atoms with E-state index in [9.17, 15) is 0 Å². The second-order valence-corrected chi connectivity index (χ2v) is 4.05. The van der Waals surface area contributed by atoms with E-state index in [2.05, 4.69) is 12.2 Å². The molecular formula is C13H22N2O. The highest BCUT2D eigenvalue weighted by Crippen LogP contribution is 2.17. The van der Waals surface area contributed by atoms with E-state index in [0.29, 0.717) is 0 Å². The molecule has 3 nitrogen and oxygen atoms in total. The number of nitrogen functional groups attached to an aromatic ring is 1. The van der Waals surface area contributed by atoms with Gasteiger partial charge in [0.15, 0.2) is 0 Å². The van der Waals surface area contributed by atoms with Crippen LogP contribution in [0, 0.1) is 6.92 Å². The molecule has 16 heavy (non-hydrogen) atoms. The zero-order valence-corrected chi connectivity index (χ0v) is 10.3. The Morgan fingerprint density at radius 3 is 2.81 bits per heavy atom. The summed E-state index contributed by atoms with van der Waals surface area (Å²) in [4.78, 5) is 0. The van der Waals surface area contributed by atoms with Crippen molar-refractivity contribution < 1.29 is 4.74 Å². The van der Waals surface area contributed by atoms with Crippen LogP contribution in [-0.4, -0.2) is 20.3 Å². The molecule has 0 saturated carbocycles. The molecule has 0 aliphatic carbocycles. The number of methoxy groups -OCH3 is 1. The van der Waals surface area contributed by atoms with Crippen molar-refractivity contribution in [2.24, 2.45) is 0 Å². The third-order valence-electron chi connectivity index (χ3n) is 2.60. The minimum Gasteiger partial charge on any atom is -0.399 e. The quantitative estimate of drug-likeness (QED) is 0.551. The summed E-state index contributed by atoms with van der Waals surface area (Å²) in [6.45, 7) is 3.94. The molecule has 0 saturated heterocycles. The van der Waals surface area contributed by atoms with Crippen LogP contribution in [0.4, 0.5) is 11.4 Å². The van der Waals surface area contributed by atoms with Crippen LogP contribution >= 0.6 is 0 Å². The molecule has 0 bridgehead atoms. The number of ether oxygens (including phenoxy) is 1. The molecule has 90 valence electrons. The van der Waals surface area contributed by atoms with Gasteiger partial charge >= 0.3 is 0 Å². The van der Waals surface area contributed by atoms with Crippen molar-refractivity contribution in [3.63, 3.8) is 0 Å². The van der Waals surface area contributed by atoms with Crippen molar-refractivity contribution in [1.82, 2.24) is 0 Å². The molecule has 0 heterocycles. The Labute approximate surface area is 98.0 Å². The highest BCUT2D eigenvalue weighted by Gasteiger charge is 1.97. The first kappa shape index (κ1) is 12.8. The number of rotatable bonds is 7. The Kier molecular flexibility index (Phi) is 5.72. The number of anilines is 2. The van der Waals surface area contributed by atoms with Gasteiger partial charge in [0.05, 0.1) is 0 Å². The molecule has 0 aliphatic heterocycles. The minimum absolute atomic E-state index is 0.812. The first-order valence-corrected chi connectivity index (χ1v) is 5.83. The molecule has 0 amide bonds. The van der Waals surface area contributed by atoms with Crippen LogP contribution in [0.5, 0.6) is 0 Å². The van der Waals surface area contributed by atoms with E-state index in [1.54, 1.807) is 7.11 Å². The second kappa shape index (κ2) is 7.12.